The average Bonchev–Trinajstić information content (AvgIpc) is 2.81. The van der Waals surface area contributed by atoms with Gasteiger partial charge >= 0.3 is 0 Å². The SMILES string of the molecule is Cc1c2n(c3ccccc13)[C@H]1C3[C@@H](C)OC[C@@H]2[C@H]3CCN1C. The largest absolute Gasteiger partial charge is 0.377 e. The summed E-state index contributed by atoms with van der Waals surface area (Å²) in [4.78, 5) is 2.55. The molecule has 22 heavy (non-hydrogen) atoms. The van der Waals surface area contributed by atoms with Crippen LogP contribution in [0, 0.1) is 18.8 Å². The Balaban J connectivity index is 1.86. The van der Waals surface area contributed by atoms with Crippen LogP contribution in [0.3, 0.4) is 0 Å². The van der Waals surface area contributed by atoms with Crippen molar-refractivity contribution in [1.29, 1.82) is 0 Å². The molecule has 2 saturated heterocycles. The summed E-state index contributed by atoms with van der Waals surface area (Å²) < 4.78 is 8.86. The van der Waals surface area contributed by atoms with Crippen LogP contribution in [0.2, 0.25) is 0 Å². The van der Waals surface area contributed by atoms with E-state index in [1.165, 1.54) is 29.4 Å². The molecule has 2 aromatic rings. The van der Waals surface area contributed by atoms with E-state index >= 15 is 0 Å². The van der Waals surface area contributed by atoms with Gasteiger partial charge in [-0.1, -0.05) is 18.2 Å². The standard InChI is InChI=1S/C19H24N2O/c1-11-13-6-4-5-7-16(13)21-18(11)15-10-22-12(2)17-14(15)8-9-20(3)19(17)21/h4-7,12,14-15,17,19H,8-10H2,1-3H3/t12-,14-,15-,17?,19+/m1/s1. The van der Waals surface area contributed by atoms with Gasteiger partial charge in [0.1, 0.15) is 0 Å². The zero-order chi connectivity index (χ0) is 15.0. The van der Waals surface area contributed by atoms with Crippen molar-refractivity contribution in [2.45, 2.75) is 38.5 Å². The van der Waals surface area contributed by atoms with Gasteiger partial charge in [-0.05, 0) is 44.9 Å². The van der Waals surface area contributed by atoms with Gasteiger partial charge in [0.05, 0.1) is 18.9 Å². The zero-order valence-electron chi connectivity index (χ0n) is 13.6. The van der Waals surface area contributed by atoms with E-state index in [-0.39, 0.29) is 0 Å². The smallest absolute Gasteiger partial charge is 0.0921 e. The normalized spacial score (nSPS) is 37.3. The van der Waals surface area contributed by atoms with Gasteiger partial charge in [0.2, 0.25) is 0 Å². The fraction of sp³-hybridized carbons (Fsp3) is 0.579. The van der Waals surface area contributed by atoms with Crippen molar-refractivity contribution in [2.24, 2.45) is 11.8 Å². The van der Waals surface area contributed by atoms with Gasteiger partial charge < -0.3 is 9.30 Å². The number of hydrogen-bond acceptors (Lipinski definition) is 2. The summed E-state index contributed by atoms with van der Waals surface area (Å²) in [5, 5.41) is 1.43. The van der Waals surface area contributed by atoms with Crippen LogP contribution in [0.15, 0.2) is 24.3 Å². The molecule has 4 heterocycles. The maximum atomic E-state index is 6.20. The van der Waals surface area contributed by atoms with Gasteiger partial charge in [0.25, 0.3) is 0 Å². The lowest BCUT2D eigenvalue weighted by Crippen LogP contribution is -2.57. The van der Waals surface area contributed by atoms with E-state index in [4.69, 9.17) is 4.74 Å². The van der Waals surface area contributed by atoms with Crippen LogP contribution in [0.1, 0.15) is 36.7 Å². The molecule has 1 aromatic carbocycles. The Bertz CT molecular complexity index is 749. The Morgan fingerprint density at radius 3 is 2.91 bits per heavy atom. The highest BCUT2D eigenvalue weighted by molar-refractivity contribution is 5.86. The van der Waals surface area contributed by atoms with E-state index in [0.29, 0.717) is 24.1 Å². The molecule has 0 saturated carbocycles. The molecule has 2 fully saturated rings. The predicted molar refractivity (Wildman–Crippen MR) is 88.1 cm³/mol. The van der Waals surface area contributed by atoms with Gasteiger partial charge in [0, 0.05) is 35.0 Å². The van der Waals surface area contributed by atoms with Crippen molar-refractivity contribution in [3.63, 3.8) is 0 Å². The first-order chi connectivity index (χ1) is 10.7. The second-order valence-corrected chi connectivity index (χ2v) is 7.47. The number of aryl methyl sites for hydroxylation is 1. The monoisotopic (exact) mass is 296 g/mol. The summed E-state index contributed by atoms with van der Waals surface area (Å²) in [6, 6.07) is 8.94. The van der Waals surface area contributed by atoms with E-state index in [0.717, 1.165) is 12.5 Å². The summed E-state index contributed by atoms with van der Waals surface area (Å²) in [5.41, 5.74) is 4.43. The minimum atomic E-state index is 0.364. The fourth-order valence-electron chi connectivity index (χ4n) is 5.58. The molecule has 1 unspecified atom stereocenters. The minimum absolute atomic E-state index is 0.364. The van der Waals surface area contributed by atoms with E-state index < -0.39 is 0 Å². The highest BCUT2D eigenvalue weighted by Gasteiger charge is 2.53. The summed E-state index contributed by atoms with van der Waals surface area (Å²) in [5.74, 6) is 2.00. The quantitative estimate of drug-likeness (QED) is 0.740. The molecule has 0 N–H and O–H groups in total. The number of piperidine rings is 1. The number of likely N-dealkylation sites (tertiary alicyclic amines) is 1. The molecule has 3 nitrogen and oxygen atoms in total. The van der Waals surface area contributed by atoms with Gasteiger partial charge in [-0.3, -0.25) is 4.90 Å². The van der Waals surface area contributed by atoms with Crippen molar-refractivity contribution in [2.75, 3.05) is 20.2 Å². The second-order valence-electron chi connectivity index (χ2n) is 7.47. The molecule has 4 bridgehead atoms. The zero-order valence-corrected chi connectivity index (χ0v) is 13.6. The maximum absolute atomic E-state index is 6.20. The van der Waals surface area contributed by atoms with Crippen LogP contribution in [-0.2, 0) is 4.74 Å². The van der Waals surface area contributed by atoms with Crippen molar-refractivity contribution in [3.8, 4) is 0 Å². The Labute approximate surface area is 131 Å². The van der Waals surface area contributed by atoms with E-state index in [1.54, 1.807) is 5.69 Å². The number of aromatic nitrogens is 1. The summed E-state index contributed by atoms with van der Waals surface area (Å²) in [7, 11) is 2.29. The third-order valence-electron chi connectivity index (χ3n) is 6.53. The molecule has 0 aliphatic carbocycles. The average molecular weight is 296 g/mol. The van der Waals surface area contributed by atoms with Crippen LogP contribution in [0.5, 0.6) is 0 Å². The summed E-state index contributed by atoms with van der Waals surface area (Å²) in [6.45, 7) is 6.70. The molecule has 5 rings (SSSR count). The Morgan fingerprint density at radius 1 is 1.23 bits per heavy atom. The molecule has 0 amide bonds. The molecule has 5 atom stereocenters. The van der Waals surface area contributed by atoms with Crippen molar-refractivity contribution in [3.05, 3.63) is 35.5 Å². The molecular formula is C19H24N2O. The highest BCUT2D eigenvalue weighted by Crippen LogP contribution is 2.55. The lowest BCUT2D eigenvalue weighted by molar-refractivity contribution is -0.144. The number of rotatable bonds is 0. The van der Waals surface area contributed by atoms with Gasteiger partial charge in [0.15, 0.2) is 0 Å². The number of benzene rings is 1. The van der Waals surface area contributed by atoms with Crippen LogP contribution >= 0.6 is 0 Å². The fourth-order valence-corrected chi connectivity index (χ4v) is 5.58. The molecule has 116 valence electrons. The van der Waals surface area contributed by atoms with E-state index in [1.807, 2.05) is 0 Å². The van der Waals surface area contributed by atoms with Crippen LogP contribution < -0.4 is 0 Å². The Hall–Kier alpha value is -1.32. The first kappa shape index (κ1) is 13.1. The molecule has 3 heteroatoms. The van der Waals surface area contributed by atoms with Crippen molar-refractivity contribution in [1.82, 2.24) is 9.47 Å². The maximum Gasteiger partial charge on any atom is 0.0921 e. The van der Waals surface area contributed by atoms with Gasteiger partial charge in [-0.2, -0.15) is 0 Å². The first-order valence-electron chi connectivity index (χ1n) is 8.59. The van der Waals surface area contributed by atoms with Crippen LogP contribution in [-0.4, -0.2) is 35.8 Å². The predicted octanol–water partition coefficient (Wildman–Crippen LogP) is 3.53. The minimum Gasteiger partial charge on any atom is -0.377 e. The number of nitrogens with zero attached hydrogens (tertiary/aromatic N) is 2. The van der Waals surface area contributed by atoms with Gasteiger partial charge in [-0.15, -0.1) is 0 Å². The molecule has 1 aromatic heterocycles. The molecular weight excluding hydrogens is 272 g/mol. The molecule has 0 spiro atoms. The number of fused-ring (bicyclic) bond motifs is 5. The summed E-state index contributed by atoms with van der Waals surface area (Å²) >= 11 is 0. The lowest BCUT2D eigenvalue weighted by Gasteiger charge is -2.56. The highest BCUT2D eigenvalue weighted by atomic mass is 16.5. The Morgan fingerprint density at radius 2 is 2.05 bits per heavy atom. The molecule has 0 radical (unpaired) electrons. The number of para-hydroxylation sites is 1. The van der Waals surface area contributed by atoms with E-state index in [2.05, 4.69) is 54.6 Å². The van der Waals surface area contributed by atoms with Crippen LogP contribution in [0.4, 0.5) is 0 Å². The lowest BCUT2D eigenvalue weighted by atomic mass is 9.67. The van der Waals surface area contributed by atoms with Crippen molar-refractivity contribution >= 4 is 10.9 Å². The number of ether oxygens (including phenoxy) is 1. The second kappa shape index (κ2) is 4.36. The molecule has 3 aliphatic rings. The molecule has 3 aliphatic heterocycles. The van der Waals surface area contributed by atoms with Crippen molar-refractivity contribution < 1.29 is 4.74 Å². The van der Waals surface area contributed by atoms with E-state index in [9.17, 15) is 0 Å². The first-order valence-corrected chi connectivity index (χ1v) is 8.59. The third kappa shape index (κ3) is 1.44. The summed E-state index contributed by atoms with van der Waals surface area (Å²) in [6.07, 6.45) is 2.14. The van der Waals surface area contributed by atoms with Crippen LogP contribution in [0.25, 0.3) is 10.9 Å². The third-order valence-corrected chi connectivity index (χ3v) is 6.53. The Kier molecular flexibility index (Phi) is 2.61. The topological polar surface area (TPSA) is 17.4 Å². The number of hydrogen-bond donors (Lipinski definition) is 0. The van der Waals surface area contributed by atoms with Gasteiger partial charge in [-0.25, -0.2) is 0 Å².